The molecule has 4 rings (SSSR count). The molecule has 0 aliphatic carbocycles. The Morgan fingerprint density at radius 3 is 2.67 bits per heavy atom. The Hall–Kier alpha value is -0.490. The van der Waals surface area contributed by atoms with Crippen LogP contribution < -0.4 is 0 Å². The average Bonchev–Trinajstić information content (AvgIpc) is 2.99. The number of aromatic nitrogens is 2. The summed E-state index contributed by atoms with van der Waals surface area (Å²) in [6.07, 6.45) is 7.46. The van der Waals surface area contributed by atoms with Crippen molar-refractivity contribution in [2.45, 2.75) is 67.7 Å². The quantitative estimate of drug-likeness (QED) is 0.681. The van der Waals surface area contributed by atoms with E-state index in [1.807, 2.05) is 11.8 Å². The monoisotopic (exact) mass is 381 g/mol. The number of imidazole rings is 1. The van der Waals surface area contributed by atoms with E-state index in [-0.39, 0.29) is 0 Å². The van der Waals surface area contributed by atoms with E-state index in [0.29, 0.717) is 10.0 Å². The molecule has 2 aromatic rings. The number of fused-ring (bicyclic) bond motifs is 3. The first kappa shape index (κ1) is 17.0. The molecule has 2 saturated heterocycles. The lowest BCUT2D eigenvalue weighted by atomic mass is 10.0. The minimum absolute atomic E-state index is 0.647. The number of piperidine rings is 1. The third-order valence-electron chi connectivity index (χ3n) is 5.64. The van der Waals surface area contributed by atoms with Crippen molar-refractivity contribution >= 4 is 46.6 Å². The largest absolute Gasteiger partial charge is 0.331 e. The highest BCUT2D eigenvalue weighted by Crippen LogP contribution is 2.45. The highest BCUT2D eigenvalue weighted by atomic mass is 35.5. The minimum atomic E-state index is 0.647. The van der Waals surface area contributed by atoms with Gasteiger partial charge in [0.1, 0.15) is 0 Å². The van der Waals surface area contributed by atoms with E-state index < -0.39 is 0 Å². The van der Waals surface area contributed by atoms with Crippen LogP contribution in [-0.4, -0.2) is 39.2 Å². The van der Waals surface area contributed by atoms with Crippen LogP contribution in [0.1, 0.15) is 44.6 Å². The number of hydrogen-bond acceptors (Lipinski definition) is 3. The molecule has 2 N–H and O–H groups in total. The second-order valence-electron chi connectivity index (χ2n) is 7.19. The zero-order valence-electron chi connectivity index (χ0n) is 14.2. The number of nitrogens with one attached hydrogen (secondary N) is 2. The summed E-state index contributed by atoms with van der Waals surface area (Å²) in [4.78, 5) is 10.3. The summed E-state index contributed by atoms with van der Waals surface area (Å²) in [6.45, 7) is 2.22. The maximum Gasteiger partial charge on any atom is 0.175 e. The number of nitrogens with zero attached hydrogens (tertiary/aromatic N) is 1. The van der Waals surface area contributed by atoms with Crippen molar-refractivity contribution in [2.24, 2.45) is 0 Å². The molecule has 0 spiro atoms. The van der Waals surface area contributed by atoms with Crippen LogP contribution in [0.4, 0.5) is 0 Å². The zero-order valence-corrected chi connectivity index (χ0v) is 16.6. The van der Waals surface area contributed by atoms with E-state index in [2.05, 4.69) is 34.9 Å². The molecule has 2 atom stereocenters. The van der Waals surface area contributed by atoms with Gasteiger partial charge in [0.2, 0.25) is 0 Å². The highest BCUT2D eigenvalue weighted by Gasteiger charge is 2.39. The van der Waals surface area contributed by atoms with Gasteiger partial charge in [0.05, 0.1) is 16.1 Å². The van der Waals surface area contributed by atoms with Crippen molar-refractivity contribution in [3.8, 4) is 0 Å². The molecule has 0 saturated carbocycles. The lowest BCUT2D eigenvalue weighted by Gasteiger charge is -2.36. The van der Waals surface area contributed by atoms with Crippen molar-refractivity contribution < 1.29 is 0 Å². The first-order chi connectivity index (χ1) is 11.6. The van der Waals surface area contributed by atoms with Crippen LogP contribution in [0.3, 0.4) is 0 Å². The third-order valence-corrected chi connectivity index (χ3v) is 7.76. The Balaban J connectivity index is 1.68. The van der Waals surface area contributed by atoms with Crippen molar-refractivity contribution in [1.82, 2.24) is 14.9 Å². The number of aromatic amines is 2. The molecule has 2 bridgehead atoms. The SMILES string of the molecule is CCCc1cc2[nH]c(=S)[nH]c2c(Cl)c1SC1CC2CCC(C1)N2C. The number of aryl methyl sites for hydroxylation is 1. The lowest BCUT2D eigenvalue weighted by molar-refractivity contribution is 0.183. The fourth-order valence-electron chi connectivity index (χ4n) is 4.38. The van der Waals surface area contributed by atoms with Gasteiger partial charge >= 0.3 is 0 Å². The molecule has 2 aliphatic heterocycles. The molecule has 0 radical (unpaired) electrons. The van der Waals surface area contributed by atoms with Crippen LogP contribution in [0.2, 0.25) is 5.02 Å². The maximum atomic E-state index is 6.80. The number of hydrogen-bond donors (Lipinski definition) is 2. The summed E-state index contributed by atoms with van der Waals surface area (Å²) in [7, 11) is 2.30. The standard InChI is InChI=1S/C18H24ClN3S2/c1-3-4-10-7-14-16(21-18(23)20-14)15(19)17(10)24-13-8-11-5-6-12(9-13)22(11)2/h7,11-13H,3-6,8-9H2,1-2H3,(H2,20,21,23). The van der Waals surface area contributed by atoms with Gasteiger partial charge in [-0.05, 0) is 63.0 Å². The summed E-state index contributed by atoms with van der Waals surface area (Å²) >= 11 is 14.1. The third kappa shape index (κ3) is 2.94. The average molecular weight is 382 g/mol. The molecule has 1 aromatic heterocycles. The molecule has 130 valence electrons. The van der Waals surface area contributed by atoms with Gasteiger partial charge in [0, 0.05) is 22.2 Å². The molecule has 2 aliphatic rings. The van der Waals surface area contributed by atoms with Crippen LogP contribution in [0.15, 0.2) is 11.0 Å². The predicted molar refractivity (Wildman–Crippen MR) is 106 cm³/mol. The molecule has 24 heavy (non-hydrogen) atoms. The zero-order chi connectivity index (χ0) is 16.8. The van der Waals surface area contributed by atoms with Crippen LogP contribution in [-0.2, 0) is 6.42 Å². The second kappa shape index (κ2) is 6.67. The second-order valence-corrected chi connectivity index (χ2v) is 9.29. The van der Waals surface area contributed by atoms with E-state index in [9.17, 15) is 0 Å². The summed E-state index contributed by atoms with van der Waals surface area (Å²) in [5.41, 5.74) is 3.35. The van der Waals surface area contributed by atoms with E-state index in [1.165, 1.54) is 36.1 Å². The summed E-state index contributed by atoms with van der Waals surface area (Å²) in [5, 5.41) is 1.52. The number of H-pyrrole nitrogens is 2. The molecule has 6 heteroatoms. The van der Waals surface area contributed by atoms with E-state index in [1.54, 1.807) is 0 Å². The van der Waals surface area contributed by atoms with E-state index in [4.69, 9.17) is 23.8 Å². The van der Waals surface area contributed by atoms with Crippen molar-refractivity contribution in [2.75, 3.05) is 7.05 Å². The summed E-state index contributed by atoms with van der Waals surface area (Å²) in [6, 6.07) is 3.76. The summed E-state index contributed by atoms with van der Waals surface area (Å²) < 4.78 is 0.647. The van der Waals surface area contributed by atoms with E-state index in [0.717, 1.165) is 41.0 Å². The Morgan fingerprint density at radius 2 is 2.00 bits per heavy atom. The number of rotatable bonds is 4. The van der Waals surface area contributed by atoms with Gasteiger partial charge in [-0.1, -0.05) is 24.9 Å². The van der Waals surface area contributed by atoms with Crippen LogP contribution >= 0.6 is 35.6 Å². The van der Waals surface area contributed by atoms with Gasteiger partial charge in [0.25, 0.3) is 0 Å². The topological polar surface area (TPSA) is 34.8 Å². The van der Waals surface area contributed by atoms with Gasteiger partial charge in [-0.2, -0.15) is 0 Å². The van der Waals surface area contributed by atoms with Gasteiger partial charge in [-0.3, -0.25) is 0 Å². The predicted octanol–water partition coefficient (Wildman–Crippen LogP) is 5.55. The Bertz CT molecular complexity index is 798. The lowest BCUT2D eigenvalue weighted by Crippen LogP contribution is -2.40. The van der Waals surface area contributed by atoms with Gasteiger partial charge in [0.15, 0.2) is 4.77 Å². The number of thioether (sulfide) groups is 1. The Kier molecular flexibility index (Phi) is 4.71. The fourth-order valence-corrected chi connectivity index (χ4v) is 6.48. The maximum absolute atomic E-state index is 6.80. The first-order valence-corrected chi connectivity index (χ1v) is 10.5. The van der Waals surface area contributed by atoms with Gasteiger partial charge in [-0.15, -0.1) is 11.8 Å². The van der Waals surface area contributed by atoms with E-state index >= 15 is 0 Å². The van der Waals surface area contributed by atoms with Crippen molar-refractivity contribution in [3.63, 3.8) is 0 Å². The van der Waals surface area contributed by atoms with Gasteiger partial charge in [-0.25, -0.2) is 0 Å². The molecule has 2 fully saturated rings. The van der Waals surface area contributed by atoms with Crippen LogP contribution in [0.25, 0.3) is 11.0 Å². The fraction of sp³-hybridized carbons (Fsp3) is 0.611. The first-order valence-electron chi connectivity index (χ1n) is 8.88. The number of benzene rings is 1. The minimum Gasteiger partial charge on any atom is -0.331 e. The smallest absolute Gasteiger partial charge is 0.175 e. The van der Waals surface area contributed by atoms with Crippen LogP contribution in [0, 0.1) is 4.77 Å². The van der Waals surface area contributed by atoms with Gasteiger partial charge < -0.3 is 14.9 Å². The Morgan fingerprint density at radius 1 is 1.29 bits per heavy atom. The summed E-state index contributed by atoms with van der Waals surface area (Å²) in [5.74, 6) is 0. The molecule has 1 aromatic carbocycles. The molecule has 2 unspecified atom stereocenters. The highest BCUT2D eigenvalue weighted by molar-refractivity contribution is 8.00. The van der Waals surface area contributed by atoms with Crippen LogP contribution in [0.5, 0.6) is 0 Å². The molecular weight excluding hydrogens is 358 g/mol. The molecular formula is C18H24ClN3S2. The van der Waals surface area contributed by atoms with Crippen molar-refractivity contribution in [1.29, 1.82) is 0 Å². The number of halogens is 1. The Labute approximate surface area is 157 Å². The van der Waals surface area contributed by atoms with Crippen molar-refractivity contribution in [3.05, 3.63) is 21.4 Å². The molecule has 3 nitrogen and oxygen atoms in total. The molecule has 0 amide bonds. The normalized spacial score (nSPS) is 27.2. The molecule has 3 heterocycles.